The molecule has 1 atom stereocenters. The molecule has 1 N–H and O–H groups in total. The molecule has 2 nitrogen and oxygen atoms in total. The number of carboxylic acids is 1. The van der Waals surface area contributed by atoms with Gasteiger partial charge in [0.15, 0.2) is 0 Å². The van der Waals surface area contributed by atoms with E-state index in [1.807, 2.05) is 18.2 Å². The molecule has 2 rings (SSSR count). The molecule has 17 heavy (non-hydrogen) atoms. The number of carboxylic acid groups (broad SMARTS) is 1. The maximum Gasteiger partial charge on any atom is 0.310 e. The lowest BCUT2D eigenvalue weighted by Crippen LogP contribution is -2.07. The van der Waals surface area contributed by atoms with Crippen LogP contribution >= 0.6 is 0 Å². The number of carbonyl (C=O) groups is 1. The fourth-order valence-electron chi connectivity index (χ4n) is 2.02. The summed E-state index contributed by atoms with van der Waals surface area (Å²) < 4.78 is 0. The normalized spacial score (nSPS) is 12.6. The van der Waals surface area contributed by atoms with E-state index in [4.69, 9.17) is 5.11 Å². The van der Waals surface area contributed by atoms with Crippen LogP contribution in [0.25, 0.3) is 10.8 Å². The molecule has 0 fully saturated rings. The van der Waals surface area contributed by atoms with E-state index in [1.54, 1.807) is 6.92 Å². The van der Waals surface area contributed by atoms with E-state index >= 15 is 0 Å². The second-order valence-electron chi connectivity index (χ2n) is 4.55. The highest BCUT2D eigenvalue weighted by atomic mass is 16.4. The third-order valence-corrected chi connectivity index (χ3v) is 3.45. The Kier molecular flexibility index (Phi) is 2.88. The van der Waals surface area contributed by atoms with Crippen LogP contribution in [0.3, 0.4) is 0 Å². The molecule has 0 saturated carbocycles. The van der Waals surface area contributed by atoms with Crippen molar-refractivity contribution in [1.82, 2.24) is 0 Å². The highest BCUT2D eigenvalue weighted by Crippen LogP contribution is 2.25. The summed E-state index contributed by atoms with van der Waals surface area (Å²) in [6.45, 7) is 5.89. The molecule has 0 bridgehead atoms. The van der Waals surface area contributed by atoms with Gasteiger partial charge in [-0.2, -0.15) is 0 Å². The van der Waals surface area contributed by atoms with Gasteiger partial charge in [0.1, 0.15) is 0 Å². The summed E-state index contributed by atoms with van der Waals surface area (Å²) in [6, 6.07) is 10.0. The Morgan fingerprint density at radius 3 is 2.53 bits per heavy atom. The van der Waals surface area contributed by atoms with E-state index in [0.29, 0.717) is 0 Å². The quantitative estimate of drug-likeness (QED) is 0.852. The molecule has 0 aliphatic heterocycles. The van der Waals surface area contributed by atoms with Gasteiger partial charge < -0.3 is 5.11 Å². The van der Waals surface area contributed by atoms with Crippen molar-refractivity contribution in [3.05, 3.63) is 47.0 Å². The Morgan fingerprint density at radius 2 is 1.88 bits per heavy atom. The van der Waals surface area contributed by atoms with Gasteiger partial charge in [0, 0.05) is 0 Å². The summed E-state index contributed by atoms with van der Waals surface area (Å²) in [6.07, 6.45) is 0. The number of rotatable bonds is 2. The van der Waals surface area contributed by atoms with Crippen LogP contribution in [0.15, 0.2) is 30.3 Å². The zero-order chi connectivity index (χ0) is 12.6. The molecule has 0 spiro atoms. The lowest BCUT2D eigenvalue weighted by Gasteiger charge is -2.10. The zero-order valence-corrected chi connectivity index (χ0v) is 10.3. The lowest BCUT2D eigenvalue weighted by atomic mass is 9.95. The summed E-state index contributed by atoms with van der Waals surface area (Å²) in [5, 5.41) is 11.3. The highest BCUT2D eigenvalue weighted by molar-refractivity contribution is 5.88. The largest absolute Gasteiger partial charge is 0.481 e. The average molecular weight is 228 g/mol. The minimum atomic E-state index is -0.784. The molecule has 0 aromatic heterocycles. The highest BCUT2D eigenvalue weighted by Gasteiger charge is 2.14. The molecule has 0 aliphatic carbocycles. The number of hydrogen-bond acceptors (Lipinski definition) is 1. The second kappa shape index (κ2) is 4.21. The summed E-state index contributed by atoms with van der Waals surface area (Å²) >= 11 is 0. The van der Waals surface area contributed by atoms with Crippen molar-refractivity contribution < 1.29 is 9.90 Å². The van der Waals surface area contributed by atoms with Crippen molar-refractivity contribution in [2.24, 2.45) is 0 Å². The molecule has 0 saturated heterocycles. The molecule has 2 aromatic carbocycles. The minimum absolute atomic E-state index is 0.457. The Labute approximate surface area is 101 Å². The molecular formula is C15H16O2. The van der Waals surface area contributed by atoms with E-state index in [-0.39, 0.29) is 0 Å². The lowest BCUT2D eigenvalue weighted by molar-refractivity contribution is -0.138. The Morgan fingerprint density at radius 1 is 1.18 bits per heavy atom. The Balaban J connectivity index is 2.60. The second-order valence-corrected chi connectivity index (χ2v) is 4.55. The van der Waals surface area contributed by atoms with Crippen LogP contribution in [-0.4, -0.2) is 11.1 Å². The number of aryl methyl sites for hydroxylation is 2. The molecule has 2 heteroatoms. The van der Waals surface area contributed by atoms with E-state index < -0.39 is 11.9 Å². The van der Waals surface area contributed by atoms with Crippen LogP contribution in [0.5, 0.6) is 0 Å². The molecule has 0 radical (unpaired) electrons. The molecule has 0 heterocycles. The van der Waals surface area contributed by atoms with Gasteiger partial charge in [-0.1, -0.05) is 30.3 Å². The minimum Gasteiger partial charge on any atom is -0.481 e. The van der Waals surface area contributed by atoms with Crippen LogP contribution in [-0.2, 0) is 4.79 Å². The van der Waals surface area contributed by atoms with Gasteiger partial charge in [0.05, 0.1) is 5.92 Å². The summed E-state index contributed by atoms with van der Waals surface area (Å²) in [5.41, 5.74) is 3.38. The Hall–Kier alpha value is -1.83. The average Bonchev–Trinajstić information content (AvgIpc) is 2.32. The number of fused-ring (bicyclic) bond motifs is 1. The maximum absolute atomic E-state index is 11.0. The third kappa shape index (κ3) is 2.03. The number of benzene rings is 2. The van der Waals surface area contributed by atoms with Crippen molar-refractivity contribution in [2.75, 3.05) is 0 Å². The third-order valence-electron chi connectivity index (χ3n) is 3.45. The fraction of sp³-hybridized carbons (Fsp3) is 0.267. The van der Waals surface area contributed by atoms with Gasteiger partial charge in [-0.15, -0.1) is 0 Å². The standard InChI is InChI=1S/C15H16O2/c1-9-4-5-13-8-12(11(3)15(16)17)6-7-14(13)10(9)2/h4-8,11H,1-3H3,(H,16,17). The van der Waals surface area contributed by atoms with Gasteiger partial charge in [-0.05, 0) is 48.2 Å². The Bertz CT molecular complexity index is 585. The van der Waals surface area contributed by atoms with Crippen molar-refractivity contribution in [2.45, 2.75) is 26.7 Å². The van der Waals surface area contributed by atoms with Crippen molar-refractivity contribution in [3.63, 3.8) is 0 Å². The zero-order valence-electron chi connectivity index (χ0n) is 10.3. The van der Waals surface area contributed by atoms with Gasteiger partial charge in [-0.3, -0.25) is 4.79 Å². The van der Waals surface area contributed by atoms with Crippen LogP contribution in [0.2, 0.25) is 0 Å². The van der Waals surface area contributed by atoms with Crippen LogP contribution in [0, 0.1) is 13.8 Å². The van der Waals surface area contributed by atoms with E-state index in [9.17, 15) is 4.79 Å². The molecule has 0 aliphatic rings. The van der Waals surface area contributed by atoms with Gasteiger partial charge in [0.2, 0.25) is 0 Å². The first-order valence-corrected chi connectivity index (χ1v) is 5.73. The van der Waals surface area contributed by atoms with Crippen LogP contribution in [0.4, 0.5) is 0 Å². The van der Waals surface area contributed by atoms with E-state index in [0.717, 1.165) is 10.9 Å². The SMILES string of the molecule is Cc1ccc2cc(C(C)C(=O)O)ccc2c1C. The summed E-state index contributed by atoms with van der Waals surface area (Å²) in [5.74, 6) is -1.24. The van der Waals surface area contributed by atoms with E-state index in [2.05, 4.69) is 26.0 Å². The molecule has 1 unspecified atom stereocenters. The molecule has 0 amide bonds. The first-order chi connectivity index (χ1) is 8.00. The van der Waals surface area contributed by atoms with Gasteiger partial charge in [0.25, 0.3) is 0 Å². The summed E-state index contributed by atoms with van der Waals surface area (Å²) in [4.78, 5) is 11.0. The fourth-order valence-corrected chi connectivity index (χ4v) is 2.02. The summed E-state index contributed by atoms with van der Waals surface area (Å²) in [7, 11) is 0. The van der Waals surface area contributed by atoms with Crippen molar-refractivity contribution in [1.29, 1.82) is 0 Å². The monoisotopic (exact) mass is 228 g/mol. The van der Waals surface area contributed by atoms with Gasteiger partial charge in [-0.25, -0.2) is 0 Å². The van der Waals surface area contributed by atoms with Crippen molar-refractivity contribution in [3.8, 4) is 0 Å². The molecule has 2 aromatic rings. The number of aliphatic carboxylic acids is 1. The first kappa shape index (κ1) is 11.6. The molecular weight excluding hydrogens is 212 g/mol. The predicted molar refractivity (Wildman–Crippen MR) is 69.5 cm³/mol. The first-order valence-electron chi connectivity index (χ1n) is 5.73. The number of hydrogen-bond donors (Lipinski definition) is 1. The van der Waals surface area contributed by atoms with Crippen molar-refractivity contribution >= 4 is 16.7 Å². The predicted octanol–water partition coefficient (Wildman–Crippen LogP) is 3.64. The van der Waals surface area contributed by atoms with E-state index in [1.165, 1.54) is 16.5 Å². The van der Waals surface area contributed by atoms with Gasteiger partial charge >= 0.3 is 5.97 Å². The maximum atomic E-state index is 11.0. The van der Waals surface area contributed by atoms with Crippen LogP contribution < -0.4 is 0 Å². The molecule has 88 valence electrons. The smallest absolute Gasteiger partial charge is 0.310 e. The van der Waals surface area contributed by atoms with Crippen LogP contribution in [0.1, 0.15) is 29.5 Å². The topological polar surface area (TPSA) is 37.3 Å².